The van der Waals surface area contributed by atoms with E-state index in [0.717, 1.165) is 0 Å². The molecule has 12 heteroatoms. The van der Waals surface area contributed by atoms with Gasteiger partial charge in [0.1, 0.15) is 6.10 Å². The van der Waals surface area contributed by atoms with Crippen LogP contribution in [-0.4, -0.2) is 61.8 Å². The van der Waals surface area contributed by atoms with Crippen molar-refractivity contribution in [3.8, 4) is 0 Å². The van der Waals surface area contributed by atoms with Gasteiger partial charge < -0.3 is 0 Å². The fraction of sp³-hybridized carbons (Fsp3) is 1.00. The molecule has 0 aromatic heterocycles. The van der Waals surface area contributed by atoms with Gasteiger partial charge in [-0.3, -0.25) is 12.5 Å². The van der Waals surface area contributed by atoms with Crippen LogP contribution in [0.3, 0.4) is 0 Å². The monoisotopic (exact) mass is 480 g/mol. The predicted molar refractivity (Wildman–Crippen MR) is 112 cm³/mol. The molecule has 1 unspecified atom stereocenters. The zero-order chi connectivity index (χ0) is 22.4. The molecule has 0 N–H and O–H groups in total. The van der Waals surface area contributed by atoms with Crippen LogP contribution in [0.4, 0.5) is 0 Å². The van der Waals surface area contributed by atoms with Gasteiger partial charge in [-0.15, -0.1) is 0 Å². The number of unbranched alkanes of at least 4 members (excludes halogenated alkanes) is 3. The molecule has 0 saturated carbocycles. The van der Waals surface area contributed by atoms with Crippen molar-refractivity contribution in [1.82, 2.24) is 0 Å². The van der Waals surface area contributed by atoms with E-state index in [1.54, 1.807) is 20.8 Å². The summed E-state index contributed by atoms with van der Waals surface area (Å²) < 4.78 is 85.0. The molecular formula is C17H36O9S3. The molecule has 0 aliphatic heterocycles. The molecule has 0 fully saturated rings. The lowest BCUT2D eigenvalue weighted by molar-refractivity contribution is 0.127. The van der Waals surface area contributed by atoms with Gasteiger partial charge in [0.2, 0.25) is 0 Å². The summed E-state index contributed by atoms with van der Waals surface area (Å²) in [6.07, 6.45) is 3.29. The maximum atomic E-state index is 11.9. The minimum Gasteiger partial charge on any atom is -0.270 e. The van der Waals surface area contributed by atoms with Gasteiger partial charge in [0.15, 0.2) is 0 Å². The van der Waals surface area contributed by atoms with Gasteiger partial charge >= 0.3 is 0 Å². The van der Waals surface area contributed by atoms with Crippen molar-refractivity contribution in [2.75, 3.05) is 30.5 Å². The van der Waals surface area contributed by atoms with Crippen molar-refractivity contribution >= 4 is 30.4 Å². The molecule has 0 amide bonds. The van der Waals surface area contributed by atoms with Crippen molar-refractivity contribution in [1.29, 1.82) is 0 Å². The summed E-state index contributed by atoms with van der Waals surface area (Å²) in [6, 6.07) is 0. The molecule has 0 saturated heterocycles. The molecule has 0 aliphatic carbocycles. The molecule has 0 aromatic carbocycles. The van der Waals surface area contributed by atoms with Crippen LogP contribution in [0.1, 0.15) is 72.1 Å². The van der Waals surface area contributed by atoms with E-state index in [9.17, 15) is 25.3 Å². The van der Waals surface area contributed by atoms with Gasteiger partial charge in [-0.1, -0.05) is 40.0 Å². The largest absolute Gasteiger partial charge is 0.270 e. The first kappa shape index (κ1) is 28.7. The maximum absolute atomic E-state index is 11.9. The molecule has 0 spiro atoms. The van der Waals surface area contributed by atoms with Crippen molar-refractivity contribution < 1.29 is 37.8 Å². The van der Waals surface area contributed by atoms with E-state index < -0.39 is 36.5 Å². The van der Waals surface area contributed by atoms with E-state index in [1.807, 2.05) is 0 Å². The molecule has 176 valence electrons. The highest BCUT2D eigenvalue weighted by molar-refractivity contribution is 7.87. The first-order valence-corrected chi connectivity index (χ1v) is 14.8. The summed E-state index contributed by atoms with van der Waals surface area (Å²) in [4.78, 5) is 0. The fourth-order valence-electron chi connectivity index (χ4n) is 2.48. The van der Waals surface area contributed by atoms with Crippen LogP contribution >= 0.6 is 0 Å². The van der Waals surface area contributed by atoms with Crippen LogP contribution < -0.4 is 0 Å². The Morgan fingerprint density at radius 3 is 1.66 bits per heavy atom. The maximum Gasteiger partial charge on any atom is 0.267 e. The lowest BCUT2D eigenvalue weighted by Crippen LogP contribution is -2.27. The number of hydrogen-bond acceptors (Lipinski definition) is 9. The summed E-state index contributed by atoms with van der Waals surface area (Å²) in [5, 5.41) is 0. The Balaban J connectivity index is 4.43. The summed E-state index contributed by atoms with van der Waals surface area (Å²) in [6.45, 7) is 4.95. The smallest absolute Gasteiger partial charge is 0.267 e. The molecule has 0 bridgehead atoms. The number of rotatable bonds is 19. The Labute approximate surface area is 176 Å². The topological polar surface area (TPSA) is 130 Å². The second-order valence-electron chi connectivity index (χ2n) is 6.81. The molecule has 9 nitrogen and oxygen atoms in total. The number of hydrogen-bond donors (Lipinski definition) is 0. The molecule has 29 heavy (non-hydrogen) atoms. The van der Waals surface area contributed by atoms with Crippen LogP contribution in [-0.2, 0) is 42.9 Å². The summed E-state index contributed by atoms with van der Waals surface area (Å²) in [7, 11) is -10.9. The van der Waals surface area contributed by atoms with Gasteiger partial charge in [-0.05, 0) is 32.1 Å². The predicted octanol–water partition coefficient (Wildman–Crippen LogP) is 2.57. The highest BCUT2D eigenvalue weighted by Crippen LogP contribution is 2.14. The first-order chi connectivity index (χ1) is 13.5. The quantitative estimate of drug-likeness (QED) is 0.202. The highest BCUT2D eigenvalue weighted by Gasteiger charge is 2.22. The minimum atomic E-state index is -3.75. The molecule has 0 aromatic rings. The van der Waals surface area contributed by atoms with Crippen molar-refractivity contribution in [3.05, 3.63) is 0 Å². The average Bonchev–Trinajstić information content (AvgIpc) is 2.58. The molecule has 1 atom stereocenters. The molecule has 0 radical (unpaired) electrons. The zero-order valence-corrected chi connectivity index (χ0v) is 20.1. The summed E-state index contributed by atoms with van der Waals surface area (Å²) in [5.41, 5.74) is 0. The third-order valence-electron chi connectivity index (χ3n) is 3.76. The molecule has 0 rings (SSSR count). The van der Waals surface area contributed by atoms with Crippen LogP contribution in [0.5, 0.6) is 0 Å². The third kappa shape index (κ3) is 16.1. The Morgan fingerprint density at radius 1 is 0.621 bits per heavy atom. The standard InChI is InChI=1S/C17H36O9S3/c1-4-13-27(18,19)24-12-10-8-7-9-11-17(26-29(22,23)15-6-3)16-25-28(20,21)14-5-2/h17H,4-16H2,1-3H3. The molecule has 0 heterocycles. The van der Waals surface area contributed by atoms with E-state index in [1.165, 1.54) is 0 Å². The Morgan fingerprint density at radius 2 is 1.10 bits per heavy atom. The van der Waals surface area contributed by atoms with E-state index in [-0.39, 0.29) is 30.5 Å². The van der Waals surface area contributed by atoms with Gasteiger partial charge in [-0.2, -0.15) is 25.3 Å². The minimum absolute atomic E-state index is 0.000802. The van der Waals surface area contributed by atoms with E-state index in [4.69, 9.17) is 12.5 Å². The van der Waals surface area contributed by atoms with E-state index >= 15 is 0 Å². The van der Waals surface area contributed by atoms with Gasteiger partial charge in [-0.25, -0.2) is 0 Å². The van der Waals surface area contributed by atoms with Crippen LogP contribution in [0, 0.1) is 0 Å². The SMILES string of the molecule is CCCS(=O)(=O)OCCCCCCC(COS(=O)(=O)CCC)OS(=O)(=O)CCC. The van der Waals surface area contributed by atoms with Crippen molar-refractivity contribution in [2.24, 2.45) is 0 Å². The highest BCUT2D eigenvalue weighted by atomic mass is 32.2. The summed E-state index contributed by atoms with van der Waals surface area (Å²) in [5.74, 6) is -0.281. The Hall–Kier alpha value is -0.270. The van der Waals surface area contributed by atoms with Crippen LogP contribution in [0.2, 0.25) is 0 Å². The van der Waals surface area contributed by atoms with Gasteiger partial charge in [0.05, 0.1) is 30.5 Å². The Kier molecular flexibility index (Phi) is 14.5. The second kappa shape index (κ2) is 14.7. The lowest BCUT2D eigenvalue weighted by atomic mass is 10.1. The lowest BCUT2D eigenvalue weighted by Gasteiger charge is -2.17. The summed E-state index contributed by atoms with van der Waals surface area (Å²) >= 11 is 0. The third-order valence-corrected chi connectivity index (χ3v) is 8.07. The fourth-order valence-corrected chi connectivity index (χ4v) is 5.60. The van der Waals surface area contributed by atoms with E-state index in [2.05, 4.69) is 0 Å². The molecule has 0 aliphatic rings. The van der Waals surface area contributed by atoms with Gasteiger partial charge in [0, 0.05) is 0 Å². The van der Waals surface area contributed by atoms with E-state index in [0.29, 0.717) is 51.4 Å². The zero-order valence-electron chi connectivity index (χ0n) is 17.7. The van der Waals surface area contributed by atoms with Crippen LogP contribution in [0.25, 0.3) is 0 Å². The second-order valence-corrected chi connectivity index (χ2v) is 12.0. The van der Waals surface area contributed by atoms with Gasteiger partial charge in [0.25, 0.3) is 30.4 Å². The molecular weight excluding hydrogens is 444 g/mol. The van der Waals surface area contributed by atoms with Crippen molar-refractivity contribution in [2.45, 2.75) is 78.2 Å². The normalized spacial score (nSPS) is 14.2. The van der Waals surface area contributed by atoms with Crippen LogP contribution in [0.15, 0.2) is 0 Å². The first-order valence-electron chi connectivity index (χ1n) is 10.1. The average molecular weight is 481 g/mol. The van der Waals surface area contributed by atoms with Crippen molar-refractivity contribution in [3.63, 3.8) is 0 Å². The Bertz CT molecular complexity index is 728.